The Balaban J connectivity index is 0.00000200. The molecule has 0 aliphatic carbocycles. The molecule has 1 fully saturated rings. The average Bonchev–Trinajstić information content (AvgIpc) is 2.41. The monoisotopic (exact) mass is 298 g/mol. The summed E-state index contributed by atoms with van der Waals surface area (Å²) < 4.78 is 0. The van der Waals surface area contributed by atoms with Gasteiger partial charge in [-0.15, -0.1) is 12.4 Å². The van der Waals surface area contributed by atoms with Gasteiger partial charge in [0.05, 0.1) is 5.56 Å². The molecule has 1 saturated heterocycles. The van der Waals surface area contributed by atoms with Gasteiger partial charge >= 0.3 is 0 Å². The highest BCUT2D eigenvalue weighted by molar-refractivity contribution is 5.95. The quantitative estimate of drug-likeness (QED) is 0.756. The van der Waals surface area contributed by atoms with Gasteiger partial charge in [0.15, 0.2) is 0 Å². The number of carbonyl (C=O) groups excluding carboxylic acids is 2. The largest absolute Gasteiger partial charge is 0.366 e. The van der Waals surface area contributed by atoms with Gasteiger partial charge in [0.2, 0.25) is 5.91 Å². The highest BCUT2D eigenvalue weighted by Gasteiger charge is 2.23. The van der Waals surface area contributed by atoms with Crippen LogP contribution in [-0.2, 0) is 0 Å². The summed E-state index contributed by atoms with van der Waals surface area (Å²) in [6.07, 6.45) is 3.32. The fourth-order valence-corrected chi connectivity index (χ4v) is 2.16. The van der Waals surface area contributed by atoms with Crippen LogP contribution in [0.4, 0.5) is 0 Å². The van der Waals surface area contributed by atoms with E-state index < -0.39 is 5.91 Å². The molecule has 1 aromatic heterocycles. The normalized spacial score (nSPS) is 21.6. The standard InChI is InChI=1S/C13H18N4O2.ClH/c1-8-10(3-2-6-15-8)17-13(19)11-5-4-9(7-16-11)12(14)18;/h4-5,7-8,10,15H,2-3,6H2,1H3,(H2,14,18)(H,17,19);1H. The van der Waals surface area contributed by atoms with Crippen LogP contribution in [0.1, 0.15) is 40.6 Å². The minimum atomic E-state index is -0.551. The van der Waals surface area contributed by atoms with Crippen molar-refractivity contribution < 1.29 is 9.59 Å². The van der Waals surface area contributed by atoms with E-state index in [0.717, 1.165) is 19.4 Å². The van der Waals surface area contributed by atoms with E-state index in [1.807, 2.05) is 6.92 Å². The summed E-state index contributed by atoms with van der Waals surface area (Å²) in [7, 11) is 0. The Hall–Kier alpha value is -1.66. The smallest absolute Gasteiger partial charge is 0.270 e. The number of nitrogens with two attached hydrogens (primary N) is 1. The first kappa shape index (κ1) is 16.4. The predicted octanol–water partition coefficient (Wildman–Crippen LogP) is 0.473. The third-order valence-electron chi connectivity index (χ3n) is 3.36. The molecule has 1 aliphatic heterocycles. The van der Waals surface area contributed by atoms with E-state index in [2.05, 4.69) is 15.6 Å². The van der Waals surface area contributed by atoms with Crippen molar-refractivity contribution >= 4 is 24.2 Å². The van der Waals surface area contributed by atoms with Crippen molar-refractivity contribution in [1.29, 1.82) is 0 Å². The summed E-state index contributed by atoms with van der Waals surface area (Å²) in [5, 5.41) is 6.27. The van der Waals surface area contributed by atoms with Gasteiger partial charge in [0.1, 0.15) is 5.69 Å². The highest BCUT2D eigenvalue weighted by Crippen LogP contribution is 2.09. The van der Waals surface area contributed by atoms with Crippen LogP contribution >= 0.6 is 12.4 Å². The molecule has 2 amide bonds. The number of carbonyl (C=O) groups is 2. The number of piperidine rings is 1. The lowest BCUT2D eigenvalue weighted by molar-refractivity contribution is 0.0913. The van der Waals surface area contributed by atoms with E-state index in [9.17, 15) is 9.59 Å². The molecule has 7 heteroatoms. The van der Waals surface area contributed by atoms with Crippen LogP contribution in [0.25, 0.3) is 0 Å². The molecule has 2 unspecified atom stereocenters. The van der Waals surface area contributed by atoms with Gasteiger partial charge in [0.25, 0.3) is 5.91 Å². The summed E-state index contributed by atoms with van der Waals surface area (Å²) >= 11 is 0. The highest BCUT2D eigenvalue weighted by atomic mass is 35.5. The Morgan fingerprint density at radius 2 is 2.20 bits per heavy atom. The molecule has 0 aromatic carbocycles. The maximum Gasteiger partial charge on any atom is 0.270 e. The molecule has 2 atom stereocenters. The van der Waals surface area contributed by atoms with Gasteiger partial charge in [0, 0.05) is 18.3 Å². The number of hydrogen-bond acceptors (Lipinski definition) is 4. The minimum absolute atomic E-state index is 0. The topological polar surface area (TPSA) is 97.1 Å². The second-order valence-corrected chi connectivity index (χ2v) is 4.76. The molecule has 2 rings (SSSR count). The fourth-order valence-electron chi connectivity index (χ4n) is 2.16. The molecule has 1 aliphatic rings. The minimum Gasteiger partial charge on any atom is -0.366 e. The molecule has 0 spiro atoms. The Morgan fingerprint density at radius 3 is 2.75 bits per heavy atom. The third kappa shape index (κ3) is 3.91. The van der Waals surface area contributed by atoms with Crippen molar-refractivity contribution in [2.45, 2.75) is 31.8 Å². The zero-order valence-electron chi connectivity index (χ0n) is 11.3. The average molecular weight is 299 g/mol. The van der Waals surface area contributed by atoms with E-state index in [1.165, 1.54) is 18.3 Å². The Bertz CT molecular complexity index is 478. The summed E-state index contributed by atoms with van der Waals surface area (Å²) in [4.78, 5) is 26.9. The van der Waals surface area contributed by atoms with Crippen molar-refractivity contribution in [1.82, 2.24) is 15.6 Å². The van der Waals surface area contributed by atoms with Crippen molar-refractivity contribution in [2.24, 2.45) is 5.73 Å². The maximum absolute atomic E-state index is 12.0. The SMILES string of the molecule is CC1NCCCC1NC(=O)c1ccc(C(N)=O)cn1.Cl. The van der Waals surface area contributed by atoms with Crippen molar-refractivity contribution in [3.63, 3.8) is 0 Å². The lowest BCUT2D eigenvalue weighted by Crippen LogP contribution is -2.52. The molecule has 0 bridgehead atoms. The Kier molecular flexibility index (Phi) is 5.91. The molecule has 4 N–H and O–H groups in total. The van der Waals surface area contributed by atoms with E-state index in [0.29, 0.717) is 11.3 Å². The molecule has 2 heterocycles. The molecular formula is C13H19ClN4O2. The lowest BCUT2D eigenvalue weighted by atomic mass is 10.00. The number of rotatable bonds is 3. The van der Waals surface area contributed by atoms with Crippen LogP contribution in [0.15, 0.2) is 18.3 Å². The summed E-state index contributed by atoms with van der Waals surface area (Å²) in [6.45, 7) is 3.03. The Morgan fingerprint density at radius 1 is 1.45 bits per heavy atom. The van der Waals surface area contributed by atoms with Crippen LogP contribution in [0.3, 0.4) is 0 Å². The number of pyridine rings is 1. The van der Waals surface area contributed by atoms with E-state index in [4.69, 9.17) is 5.73 Å². The van der Waals surface area contributed by atoms with Crippen molar-refractivity contribution in [3.05, 3.63) is 29.6 Å². The summed E-state index contributed by atoms with van der Waals surface area (Å²) in [5.74, 6) is -0.777. The van der Waals surface area contributed by atoms with Gasteiger partial charge in [-0.2, -0.15) is 0 Å². The number of nitrogens with zero attached hydrogens (tertiary/aromatic N) is 1. The van der Waals surface area contributed by atoms with Gasteiger partial charge < -0.3 is 16.4 Å². The predicted molar refractivity (Wildman–Crippen MR) is 78.0 cm³/mol. The molecule has 0 saturated carbocycles. The van der Waals surface area contributed by atoms with Crippen LogP contribution in [0, 0.1) is 0 Å². The number of primary amides is 1. The molecule has 20 heavy (non-hydrogen) atoms. The number of hydrogen-bond donors (Lipinski definition) is 3. The molecule has 1 aromatic rings. The van der Waals surface area contributed by atoms with Crippen molar-refractivity contribution in [2.75, 3.05) is 6.54 Å². The molecule has 6 nitrogen and oxygen atoms in total. The van der Waals surface area contributed by atoms with Crippen LogP contribution in [0.5, 0.6) is 0 Å². The van der Waals surface area contributed by atoms with E-state index >= 15 is 0 Å². The second-order valence-electron chi connectivity index (χ2n) is 4.76. The van der Waals surface area contributed by atoms with E-state index in [1.54, 1.807) is 0 Å². The third-order valence-corrected chi connectivity index (χ3v) is 3.36. The fraction of sp³-hybridized carbons (Fsp3) is 0.462. The van der Waals surface area contributed by atoms with Crippen molar-refractivity contribution in [3.8, 4) is 0 Å². The first-order chi connectivity index (χ1) is 9.08. The number of amides is 2. The summed E-state index contributed by atoms with van der Waals surface area (Å²) in [6, 6.07) is 3.38. The first-order valence-corrected chi connectivity index (χ1v) is 6.38. The maximum atomic E-state index is 12.0. The molecule has 110 valence electrons. The van der Waals surface area contributed by atoms with Crippen LogP contribution in [0.2, 0.25) is 0 Å². The number of nitrogens with one attached hydrogen (secondary N) is 2. The van der Waals surface area contributed by atoms with Gasteiger partial charge in [-0.1, -0.05) is 0 Å². The van der Waals surface area contributed by atoms with Gasteiger partial charge in [-0.25, -0.2) is 0 Å². The zero-order chi connectivity index (χ0) is 13.8. The lowest BCUT2D eigenvalue weighted by Gasteiger charge is -2.30. The van der Waals surface area contributed by atoms with Gasteiger partial charge in [-0.05, 0) is 38.4 Å². The number of aromatic nitrogens is 1. The second kappa shape index (κ2) is 7.21. The number of halogens is 1. The molecular weight excluding hydrogens is 280 g/mol. The van der Waals surface area contributed by atoms with Crippen LogP contribution < -0.4 is 16.4 Å². The first-order valence-electron chi connectivity index (χ1n) is 6.38. The molecule has 0 radical (unpaired) electrons. The zero-order valence-corrected chi connectivity index (χ0v) is 12.1. The van der Waals surface area contributed by atoms with Gasteiger partial charge in [-0.3, -0.25) is 14.6 Å². The van der Waals surface area contributed by atoms with Crippen LogP contribution in [-0.4, -0.2) is 35.4 Å². The Labute approximate surface area is 123 Å². The van der Waals surface area contributed by atoms with E-state index in [-0.39, 0.29) is 30.4 Å². The summed E-state index contributed by atoms with van der Waals surface area (Å²) in [5.41, 5.74) is 5.71.